The molecule has 0 heterocycles. The standard InChI is InChI=1S/C14H21NO/c1-3-16-12-9-7-11(8-10-12)13-5-4-6-14(13)15-2/h7-10,13-15H,3-6H2,1-2H3. The lowest BCUT2D eigenvalue weighted by atomic mass is 9.94. The first-order valence-corrected chi connectivity index (χ1v) is 6.25. The van der Waals surface area contributed by atoms with Gasteiger partial charge in [0.05, 0.1) is 6.61 Å². The topological polar surface area (TPSA) is 21.3 Å². The molecule has 1 aliphatic rings. The molecule has 1 aromatic rings. The number of ether oxygens (including phenoxy) is 1. The summed E-state index contributed by atoms with van der Waals surface area (Å²) >= 11 is 0. The van der Waals surface area contributed by atoms with E-state index in [2.05, 4.69) is 36.6 Å². The predicted octanol–water partition coefficient (Wildman–Crippen LogP) is 2.94. The minimum Gasteiger partial charge on any atom is -0.494 e. The monoisotopic (exact) mass is 219 g/mol. The Hall–Kier alpha value is -1.02. The van der Waals surface area contributed by atoms with Gasteiger partial charge in [-0.2, -0.15) is 0 Å². The molecular weight excluding hydrogens is 198 g/mol. The third-order valence-corrected chi connectivity index (χ3v) is 3.51. The van der Waals surface area contributed by atoms with Crippen molar-refractivity contribution in [3.63, 3.8) is 0 Å². The van der Waals surface area contributed by atoms with Crippen LogP contribution in [0.1, 0.15) is 37.7 Å². The molecule has 2 atom stereocenters. The Morgan fingerprint density at radius 3 is 2.62 bits per heavy atom. The Morgan fingerprint density at radius 2 is 2.00 bits per heavy atom. The lowest BCUT2D eigenvalue weighted by Gasteiger charge is -2.19. The first-order valence-electron chi connectivity index (χ1n) is 6.25. The van der Waals surface area contributed by atoms with Crippen LogP contribution >= 0.6 is 0 Å². The van der Waals surface area contributed by atoms with Crippen molar-refractivity contribution in [2.45, 2.75) is 38.1 Å². The van der Waals surface area contributed by atoms with Crippen molar-refractivity contribution < 1.29 is 4.74 Å². The molecule has 2 unspecified atom stereocenters. The highest BCUT2D eigenvalue weighted by molar-refractivity contribution is 5.30. The van der Waals surface area contributed by atoms with Crippen molar-refractivity contribution in [1.82, 2.24) is 5.32 Å². The quantitative estimate of drug-likeness (QED) is 0.840. The smallest absolute Gasteiger partial charge is 0.119 e. The summed E-state index contributed by atoms with van der Waals surface area (Å²) in [6.07, 6.45) is 3.94. The van der Waals surface area contributed by atoms with Gasteiger partial charge in [0.25, 0.3) is 0 Å². The molecule has 0 radical (unpaired) electrons. The number of hydrogen-bond acceptors (Lipinski definition) is 2. The minimum atomic E-state index is 0.651. The van der Waals surface area contributed by atoms with E-state index in [0.717, 1.165) is 12.4 Å². The van der Waals surface area contributed by atoms with Crippen LogP contribution in [0.4, 0.5) is 0 Å². The fourth-order valence-electron chi connectivity index (χ4n) is 2.68. The van der Waals surface area contributed by atoms with E-state index >= 15 is 0 Å². The molecule has 0 bridgehead atoms. The lowest BCUT2D eigenvalue weighted by molar-refractivity contribution is 0.340. The summed E-state index contributed by atoms with van der Waals surface area (Å²) in [5.74, 6) is 1.66. The minimum absolute atomic E-state index is 0.651. The van der Waals surface area contributed by atoms with Gasteiger partial charge in [0.15, 0.2) is 0 Å². The second kappa shape index (κ2) is 5.35. The average Bonchev–Trinajstić information content (AvgIpc) is 2.78. The van der Waals surface area contributed by atoms with E-state index in [1.807, 2.05) is 6.92 Å². The Bertz CT molecular complexity index is 320. The molecule has 0 aliphatic heterocycles. The Morgan fingerprint density at radius 1 is 1.25 bits per heavy atom. The van der Waals surface area contributed by atoms with Gasteiger partial charge in [-0.15, -0.1) is 0 Å². The van der Waals surface area contributed by atoms with E-state index in [4.69, 9.17) is 4.74 Å². The molecule has 0 spiro atoms. The maximum Gasteiger partial charge on any atom is 0.119 e. The van der Waals surface area contributed by atoms with Gasteiger partial charge in [0, 0.05) is 6.04 Å². The van der Waals surface area contributed by atoms with Crippen LogP contribution in [0.25, 0.3) is 0 Å². The fraction of sp³-hybridized carbons (Fsp3) is 0.571. The third kappa shape index (κ3) is 2.38. The van der Waals surface area contributed by atoms with Gasteiger partial charge >= 0.3 is 0 Å². The summed E-state index contributed by atoms with van der Waals surface area (Å²) in [6, 6.07) is 9.25. The largest absolute Gasteiger partial charge is 0.494 e. The van der Waals surface area contributed by atoms with Crippen molar-refractivity contribution >= 4 is 0 Å². The second-order valence-electron chi connectivity index (χ2n) is 4.43. The van der Waals surface area contributed by atoms with Crippen molar-refractivity contribution in [2.75, 3.05) is 13.7 Å². The molecule has 2 heteroatoms. The van der Waals surface area contributed by atoms with Crippen molar-refractivity contribution in [3.05, 3.63) is 29.8 Å². The van der Waals surface area contributed by atoms with Crippen LogP contribution < -0.4 is 10.1 Å². The maximum absolute atomic E-state index is 5.46. The molecule has 2 rings (SSSR count). The Kier molecular flexibility index (Phi) is 3.83. The normalized spacial score (nSPS) is 24.6. The highest BCUT2D eigenvalue weighted by Gasteiger charge is 2.26. The number of nitrogens with one attached hydrogen (secondary N) is 1. The summed E-state index contributed by atoms with van der Waals surface area (Å²) in [4.78, 5) is 0. The zero-order chi connectivity index (χ0) is 11.4. The molecule has 1 saturated carbocycles. The summed E-state index contributed by atoms with van der Waals surface area (Å²) in [5, 5.41) is 3.42. The molecule has 0 amide bonds. The average molecular weight is 219 g/mol. The Labute approximate surface area is 98.0 Å². The van der Waals surface area contributed by atoms with Crippen LogP contribution in [0.5, 0.6) is 5.75 Å². The molecular formula is C14H21NO. The fourth-order valence-corrected chi connectivity index (χ4v) is 2.68. The van der Waals surface area contributed by atoms with Crippen molar-refractivity contribution in [2.24, 2.45) is 0 Å². The van der Waals surface area contributed by atoms with Crippen LogP contribution in [0.2, 0.25) is 0 Å². The molecule has 1 aromatic carbocycles. The molecule has 0 saturated heterocycles. The molecule has 2 nitrogen and oxygen atoms in total. The number of rotatable bonds is 4. The zero-order valence-corrected chi connectivity index (χ0v) is 10.2. The van der Waals surface area contributed by atoms with Gasteiger partial charge in [0.1, 0.15) is 5.75 Å². The molecule has 16 heavy (non-hydrogen) atoms. The van der Waals surface area contributed by atoms with Gasteiger partial charge in [-0.3, -0.25) is 0 Å². The highest BCUT2D eigenvalue weighted by atomic mass is 16.5. The number of hydrogen-bond donors (Lipinski definition) is 1. The first kappa shape index (κ1) is 11.5. The zero-order valence-electron chi connectivity index (χ0n) is 10.2. The second-order valence-corrected chi connectivity index (χ2v) is 4.43. The molecule has 88 valence electrons. The van der Waals surface area contributed by atoms with E-state index in [-0.39, 0.29) is 0 Å². The van der Waals surface area contributed by atoms with Gasteiger partial charge < -0.3 is 10.1 Å². The third-order valence-electron chi connectivity index (χ3n) is 3.51. The molecule has 1 aliphatic carbocycles. The van der Waals surface area contributed by atoms with Crippen LogP contribution in [0, 0.1) is 0 Å². The van der Waals surface area contributed by atoms with Gasteiger partial charge in [-0.05, 0) is 50.4 Å². The van der Waals surface area contributed by atoms with E-state index in [9.17, 15) is 0 Å². The van der Waals surface area contributed by atoms with Gasteiger partial charge in [-0.25, -0.2) is 0 Å². The van der Waals surface area contributed by atoms with Crippen LogP contribution in [0.15, 0.2) is 24.3 Å². The summed E-state index contributed by atoms with van der Waals surface area (Å²) < 4.78 is 5.46. The lowest BCUT2D eigenvalue weighted by Crippen LogP contribution is -2.27. The summed E-state index contributed by atoms with van der Waals surface area (Å²) in [7, 11) is 2.07. The number of benzene rings is 1. The predicted molar refractivity (Wildman–Crippen MR) is 67.1 cm³/mol. The van der Waals surface area contributed by atoms with Crippen molar-refractivity contribution in [1.29, 1.82) is 0 Å². The highest BCUT2D eigenvalue weighted by Crippen LogP contribution is 2.34. The van der Waals surface area contributed by atoms with E-state index in [1.54, 1.807) is 0 Å². The molecule has 1 N–H and O–H groups in total. The maximum atomic E-state index is 5.46. The first-order chi connectivity index (χ1) is 7.85. The van der Waals surface area contributed by atoms with E-state index in [0.29, 0.717) is 12.0 Å². The molecule has 0 aromatic heterocycles. The number of likely N-dealkylation sites (N-methyl/N-ethyl adjacent to an activating group) is 1. The van der Waals surface area contributed by atoms with E-state index in [1.165, 1.54) is 24.8 Å². The van der Waals surface area contributed by atoms with Crippen LogP contribution in [-0.2, 0) is 0 Å². The van der Waals surface area contributed by atoms with Crippen LogP contribution in [0.3, 0.4) is 0 Å². The summed E-state index contributed by atoms with van der Waals surface area (Å²) in [5.41, 5.74) is 1.44. The van der Waals surface area contributed by atoms with E-state index < -0.39 is 0 Å². The van der Waals surface area contributed by atoms with Gasteiger partial charge in [0.2, 0.25) is 0 Å². The van der Waals surface area contributed by atoms with Crippen molar-refractivity contribution in [3.8, 4) is 5.75 Å². The Balaban J connectivity index is 2.08. The van der Waals surface area contributed by atoms with Crippen LogP contribution in [-0.4, -0.2) is 19.7 Å². The SMILES string of the molecule is CCOc1ccc(C2CCCC2NC)cc1. The van der Waals surface area contributed by atoms with Gasteiger partial charge in [-0.1, -0.05) is 18.6 Å². The molecule has 1 fully saturated rings. The summed E-state index contributed by atoms with van der Waals surface area (Å²) in [6.45, 7) is 2.75.